The Kier molecular flexibility index (Phi) is 5.13. The number of aryl methyl sites for hydroxylation is 1. The van der Waals surface area contributed by atoms with Crippen LogP contribution < -0.4 is 0 Å². The minimum Gasteiger partial charge on any atom is -0.481 e. The molecule has 7 nitrogen and oxygen atoms in total. The van der Waals surface area contributed by atoms with Crippen LogP contribution in [-0.4, -0.2) is 62.7 Å². The lowest BCUT2D eigenvalue weighted by Crippen LogP contribution is -2.39. The van der Waals surface area contributed by atoms with Gasteiger partial charge in [0, 0.05) is 43.9 Å². The molecule has 7 heteroatoms. The molecule has 0 aromatic carbocycles. The van der Waals surface area contributed by atoms with E-state index in [-0.39, 0.29) is 12.3 Å². The maximum Gasteiger partial charge on any atom is 0.309 e. The van der Waals surface area contributed by atoms with Crippen LogP contribution in [0.5, 0.6) is 0 Å². The van der Waals surface area contributed by atoms with Crippen molar-refractivity contribution in [2.75, 3.05) is 20.1 Å². The summed E-state index contributed by atoms with van der Waals surface area (Å²) in [6.07, 6.45) is 6.76. The zero-order valence-electron chi connectivity index (χ0n) is 15.3. The van der Waals surface area contributed by atoms with E-state index in [2.05, 4.69) is 17.0 Å². The number of rotatable bonds is 6. The van der Waals surface area contributed by atoms with Crippen LogP contribution in [-0.2, 0) is 16.6 Å². The summed E-state index contributed by atoms with van der Waals surface area (Å²) in [5.41, 5.74) is 1.77. The number of carbonyl (C=O) groups is 2. The Morgan fingerprint density at radius 1 is 1.40 bits per heavy atom. The Morgan fingerprint density at radius 3 is 2.64 bits per heavy atom. The number of aromatic nitrogens is 2. The van der Waals surface area contributed by atoms with Crippen LogP contribution in [0.15, 0.2) is 6.20 Å². The number of nitrogens with zero attached hydrogens (tertiary/aromatic N) is 4. The number of hydrogen-bond acceptors (Lipinski definition) is 4. The molecule has 2 aliphatic rings. The summed E-state index contributed by atoms with van der Waals surface area (Å²) in [7, 11) is 3.94. The lowest BCUT2D eigenvalue weighted by Gasteiger charge is -2.31. The smallest absolute Gasteiger partial charge is 0.309 e. The fraction of sp³-hybridized carbons (Fsp3) is 0.722. The van der Waals surface area contributed by atoms with Gasteiger partial charge in [0.05, 0.1) is 18.2 Å². The highest BCUT2D eigenvalue weighted by molar-refractivity contribution is 5.87. The normalized spacial score (nSPS) is 24.6. The van der Waals surface area contributed by atoms with E-state index >= 15 is 0 Å². The van der Waals surface area contributed by atoms with Crippen LogP contribution in [0.4, 0.5) is 0 Å². The summed E-state index contributed by atoms with van der Waals surface area (Å²) in [4.78, 5) is 28.3. The van der Waals surface area contributed by atoms with E-state index in [0.29, 0.717) is 12.6 Å². The SMILES string of the molecule is Cc1c([C@@H]2[C@@H](C(=O)O)CC(=O)N2CCN(C)C2CCCC2)cnn1C. The van der Waals surface area contributed by atoms with Crippen LogP contribution in [0.3, 0.4) is 0 Å². The molecule has 0 spiro atoms. The average Bonchev–Trinajstić information content (AvgIpc) is 3.27. The van der Waals surface area contributed by atoms with Gasteiger partial charge in [-0.15, -0.1) is 0 Å². The third-order valence-corrected chi connectivity index (χ3v) is 5.98. The summed E-state index contributed by atoms with van der Waals surface area (Å²) in [6.45, 7) is 3.26. The number of likely N-dealkylation sites (tertiary alicyclic amines) is 1. The van der Waals surface area contributed by atoms with Gasteiger partial charge in [-0.3, -0.25) is 14.3 Å². The number of aliphatic carboxylic acids is 1. The second-order valence-corrected chi connectivity index (χ2v) is 7.41. The van der Waals surface area contributed by atoms with Crippen LogP contribution in [0.1, 0.15) is 49.4 Å². The second kappa shape index (κ2) is 7.15. The van der Waals surface area contributed by atoms with Gasteiger partial charge in [-0.05, 0) is 26.8 Å². The Labute approximate surface area is 148 Å². The predicted octanol–water partition coefficient (Wildman–Crippen LogP) is 1.58. The van der Waals surface area contributed by atoms with Gasteiger partial charge in [0.25, 0.3) is 0 Å². The molecule has 1 saturated carbocycles. The Bertz CT molecular complexity index is 651. The molecule has 3 rings (SSSR count). The molecule has 0 radical (unpaired) electrons. The van der Waals surface area contributed by atoms with Crippen molar-refractivity contribution < 1.29 is 14.7 Å². The Hall–Kier alpha value is -1.89. The second-order valence-electron chi connectivity index (χ2n) is 7.41. The van der Waals surface area contributed by atoms with E-state index in [1.54, 1.807) is 15.8 Å². The van der Waals surface area contributed by atoms with Crippen molar-refractivity contribution in [3.8, 4) is 0 Å². The van der Waals surface area contributed by atoms with E-state index in [1.165, 1.54) is 25.7 Å². The lowest BCUT2D eigenvalue weighted by atomic mass is 9.94. The van der Waals surface area contributed by atoms with Gasteiger partial charge in [0.2, 0.25) is 5.91 Å². The molecule has 1 amide bonds. The fourth-order valence-corrected chi connectivity index (χ4v) is 4.26. The maximum absolute atomic E-state index is 12.5. The molecule has 0 unspecified atom stereocenters. The first kappa shape index (κ1) is 17.9. The lowest BCUT2D eigenvalue weighted by molar-refractivity contribution is -0.142. The van der Waals surface area contributed by atoms with Crippen LogP contribution in [0, 0.1) is 12.8 Å². The number of hydrogen-bond donors (Lipinski definition) is 1. The van der Waals surface area contributed by atoms with Gasteiger partial charge in [-0.1, -0.05) is 12.8 Å². The van der Waals surface area contributed by atoms with Gasteiger partial charge >= 0.3 is 5.97 Å². The third kappa shape index (κ3) is 3.42. The van der Waals surface area contributed by atoms with Gasteiger partial charge < -0.3 is 14.9 Å². The molecule has 1 aliphatic carbocycles. The zero-order valence-corrected chi connectivity index (χ0v) is 15.3. The Balaban J connectivity index is 1.78. The largest absolute Gasteiger partial charge is 0.481 e. The fourth-order valence-electron chi connectivity index (χ4n) is 4.26. The summed E-state index contributed by atoms with van der Waals surface area (Å²) in [5, 5.41) is 13.9. The van der Waals surface area contributed by atoms with Crippen molar-refractivity contribution in [3.05, 3.63) is 17.5 Å². The van der Waals surface area contributed by atoms with E-state index in [4.69, 9.17) is 0 Å². The van der Waals surface area contributed by atoms with Crippen LogP contribution in [0.25, 0.3) is 0 Å². The summed E-state index contributed by atoms with van der Waals surface area (Å²) in [5.74, 6) is -1.68. The highest BCUT2D eigenvalue weighted by atomic mass is 16.4. The third-order valence-electron chi connectivity index (χ3n) is 5.98. The first-order valence-corrected chi connectivity index (χ1v) is 9.11. The number of carbonyl (C=O) groups excluding carboxylic acids is 1. The molecule has 1 saturated heterocycles. The molecule has 0 bridgehead atoms. The molecule has 1 aliphatic heterocycles. The maximum atomic E-state index is 12.5. The molecule has 138 valence electrons. The highest BCUT2D eigenvalue weighted by Gasteiger charge is 2.45. The number of carboxylic acid groups (broad SMARTS) is 1. The topological polar surface area (TPSA) is 78.7 Å². The Morgan fingerprint density at radius 2 is 2.08 bits per heavy atom. The molecule has 1 N–H and O–H groups in total. The van der Waals surface area contributed by atoms with Crippen molar-refractivity contribution in [1.29, 1.82) is 0 Å². The number of carboxylic acids is 1. The van der Waals surface area contributed by atoms with E-state index in [9.17, 15) is 14.7 Å². The van der Waals surface area contributed by atoms with E-state index in [0.717, 1.165) is 17.8 Å². The van der Waals surface area contributed by atoms with Crippen molar-refractivity contribution in [2.24, 2.45) is 13.0 Å². The predicted molar refractivity (Wildman–Crippen MR) is 93.0 cm³/mol. The van der Waals surface area contributed by atoms with Gasteiger partial charge in [-0.25, -0.2) is 0 Å². The van der Waals surface area contributed by atoms with E-state index < -0.39 is 17.9 Å². The molecule has 2 fully saturated rings. The van der Waals surface area contributed by atoms with E-state index in [1.807, 2.05) is 14.0 Å². The van der Waals surface area contributed by atoms with Crippen molar-refractivity contribution >= 4 is 11.9 Å². The number of amides is 1. The highest BCUT2D eigenvalue weighted by Crippen LogP contribution is 2.39. The molecule has 25 heavy (non-hydrogen) atoms. The van der Waals surface area contributed by atoms with Gasteiger partial charge in [-0.2, -0.15) is 5.10 Å². The summed E-state index contributed by atoms with van der Waals surface area (Å²) in [6, 6.07) is 0.169. The zero-order chi connectivity index (χ0) is 18.1. The molecule has 1 aromatic rings. The van der Waals surface area contributed by atoms with Gasteiger partial charge in [0.15, 0.2) is 0 Å². The minimum atomic E-state index is -0.909. The first-order chi connectivity index (χ1) is 11.9. The van der Waals surface area contributed by atoms with Crippen molar-refractivity contribution in [2.45, 2.75) is 51.1 Å². The summed E-state index contributed by atoms with van der Waals surface area (Å²) < 4.78 is 1.74. The first-order valence-electron chi connectivity index (χ1n) is 9.11. The molecule has 2 heterocycles. The summed E-state index contributed by atoms with van der Waals surface area (Å²) >= 11 is 0. The molecular formula is C18H28N4O3. The van der Waals surface area contributed by atoms with Crippen molar-refractivity contribution in [3.63, 3.8) is 0 Å². The molecule has 2 atom stereocenters. The van der Waals surface area contributed by atoms with Gasteiger partial charge in [0.1, 0.15) is 0 Å². The van der Waals surface area contributed by atoms with Crippen molar-refractivity contribution in [1.82, 2.24) is 19.6 Å². The minimum absolute atomic E-state index is 0.0690. The average molecular weight is 348 g/mol. The molecule has 1 aromatic heterocycles. The molecular weight excluding hydrogens is 320 g/mol. The number of likely N-dealkylation sites (N-methyl/N-ethyl adjacent to an activating group) is 1. The monoisotopic (exact) mass is 348 g/mol. The van der Waals surface area contributed by atoms with Crippen LogP contribution >= 0.6 is 0 Å². The quantitative estimate of drug-likeness (QED) is 0.844. The van der Waals surface area contributed by atoms with Crippen LogP contribution in [0.2, 0.25) is 0 Å². The standard InChI is InChI=1S/C18H28N4O3/c1-12-15(11-19-21(12)3)17-14(18(24)25)10-16(23)22(17)9-8-20(2)13-6-4-5-7-13/h11,13-14,17H,4-10H2,1-3H3,(H,24,25)/t14-,17-/m0/s1.